The lowest BCUT2D eigenvalue weighted by molar-refractivity contribution is 0.667. The maximum absolute atomic E-state index is 7.14. The van der Waals surface area contributed by atoms with Gasteiger partial charge in [-0.3, -0.25) is 0 Å². The van der Waals surface area contributed by atoms with Crippen LogP contribution < -0.4 is 9.80 Å². The molecule has 0 unspecified atom stereocenters. The quantitative estimate of drug-likeness (QED) is 0.128. The molecule has 0 fully saturated rings. The van der Waals surface area contributed by atoms with Gasteiger partial charge in [-0.15, -0.1) is 0 Å². The van der Waals surface area contributed by atoms with Gasteiger partial charge in [-0.25, -0.2) is 0 Å². The summed E-state index contributed by atoms with van der Waals surface area (Å²) in [5.74, 6) is 0. The van der Waals surface area contributed by atoms with E-state index in [0.717, 1.165) is 111 Å². The van der Waals surface area contributed by atoms with Crippen molar-refractivity contribution in [3.63, 3.8) is 0 Å². The molecule has 0 aliphatic heterocycles. The molecule has 18 aromatic rings. The predicted molar refractivity (Wildman–Crippen MR) is 368 cm³/mol. The largest absolute Gasteiger partial charge is 0.453 e. The maximum Gasteiger partial charge on any atom is 0.159 e. The molecule has 0 N–H and O–H groups in total. The van der Waals surface area contributed by atoms with Gasteiger partial charge >= 0.3 is 0 Å². The monoisotopic (exact) mass is 1110 g/mol. The van der Waals surface area contributed by atoms with Crippen LogP contribution in [0.15, 0.2) is 276 Å². The molecule has 0 aliphatic rings. The second-order valence-corrected chi connectivity index (χ2v) is 23.2. The van der Waals surface area contributed by atoms with Crippen molar-refractivity contribution in [2.24, 2.45) is 0 Å². The van der Waals surface area contributed by atoms with Gasteiger partial charge < -0.3 is 27.4 Å². The van der Waals surface area contributed by atoms with E-state index in [1.165, 1.54) is 76.2 Å². The van der Waals surface area contributed by atoms with Crippen LogP contribution in [0.3, 0.4) is 0 Å². The van der Waals surface area contributed by atoms with Crippen molar-refractivity contribution in [2.75, 3.05) is 9.80 Å². The molecule has 410 valence electrons. The van der Waals surface area contributed by atoms with Crippen molar-refractivity contribution in [2.45, 2.75) is 20.8 Å². The first kappa shape index (κ1) is 49.1. The van der Waals surface area contributed by atoms with Crippen LogP contribution in [0.25, 0.3) is 137 Å². The zero-order chi connectivity index (χ0) is 57.8. The molecule has 18 rings (SSSR count). The molecule has 0 saturated heterocycles. The highest BCUT2D eigenvalue weighted by atomic mass is 16.3. The van der Waals surface area contributed by atoms with Gasteiger partial charge in [0.2, 0.25) is 0 Å². The molecule has 87 heavy (non-hydrogen) atoms. The van der Waals surface area contributed by atoms with Crippen LogP contribution in [0.2, 0.25) is 0 Å². The van der Waals surface area contributed by atoms with Crippen LogP contribution >= 0.6 is 0 Å². The Labute approximate surface area is 500 Å². The number of anilines is 6. The van der Waals surface area contributed by atoms with Crippen molar-refractivity contribution in [1.29, 1.82) is 0 Å². The molecule has 0 spiro atoms. The molecule has 0 aliphatic carbocycles. The normalized spacial score (nSPS) is 12.6. The van der Waals surface area contributed by atoms with Gasteiger partial charge in [-0.2, -0.15) is 0 Å². The number of nitrogens with zero attached hydrogens (tertiary/aromatic N) is 4. The number of fused-ring (bicyclic) bond motifs is 18. The first-order chi connectivity index (χ1) is 42.9. The van der Waals surface area contributed by atoms with E-state index < -0.39 is 0 Å². The van der Waals surface area contributed by atoms with Gasteiger partial charge in [0.1, 0.15) is 11.2 Å². The fraction of sp³-hybridized carbons (Fsp3) is 0.0370. The van der Waals surface area contributed by atoms with Crippen LogP contribution in [0.1, 0.15) is 23.6 Å². The minimum Gasteiger partial charge on any atom is -0.453 e. The Bertz CT molecular complexity index is 5940. The maximum atomic E-state index is 7.14. The van der Waals surface area contributed by atoms with Crippen molar-refractivity contribution in [1.82, 2.24) is 8.80 Å². The van der Waals surface area contributed by atoms with Gasteiger partial charge in [0.05, 0.1) is 44.5 Å². The van der Waals surface area contributed by atoms with Gasteiger partial charge in [0.25, 0.3) is 0 Å². The summed E-state index contributed by atoms with van der Waals surface area (Å²) in [6.45, 7) is 10.4. The summed E-state index contributed by atoms with van der Waals surface area (Å²) in [5, 5.41) is 14.1. The van der Waals surface area contributed by atoms with E-state index in [-0.39, 0.29) is 0 Å². The van der Waals surface area contributed by atoms with E-state index in [9.17, 15) is 0 Å². The highest BCUT2D eigenvalue weighted by Gasteiger charge is 2.28. The Hall–Kier alpha value is -11.3. The molecule has 0 saturated carbocycles. The SMILES string of the molecule is C=C/C=C\C(=C/C)c1cccc2c1oc1c(N(c3ccccc3)c3ccc4c(c3)c3cccc5c6cc7c(cc6n4c35)c3cccc4c5cc(N(c6ccccc6)c6c(C)ccc8c6oc6c(-c9ccccc9)cccc68)ccc5n7c43)c(C)ccc12. The van der Waals surface area contributed by atoms with Gasteiger partial charge in [0, 0.05) is 98.5 Å². The highest BCUT2D eigenvalue weighted by molar-refractivity contribution is 6.29. The minimum atomic E-state index is 0.853. The van der Waals surface area contributed by atoms with Crippen LogP contribution in [-0.2, 0) is 0 Å². The Morgan fingerprint density at radius 3 is 1.32 bits per heavy atom. The van der Waals surface area contributed by atoms with E-state index in [2.05, 4.69) is 295 Å². The third kappa shape index (κ3) is 6.92. The molecular weight excluding hydrogens is 1060 g/mol. The summed E-state index contributed by atoms with van der Waals surface area (Å²) in [4.78, 5) is 4.78. The highest BCUT2D eigenvalue weighted by Crippen LogP contribution is 2.51. The molecule has 0 amide bonds. The van der Waals surface area contributed by atoms with E-state index in [1.54, 1.807) is 0 Å². The molecule has 12 aromatic carbocycles. The average molecular weight is 1120 g/mol. The third-order valence-electron chi connectivity index (χ3n) is 18.5. The number of allylic oxidation sites excluding steroid dienone is 5. The Morgan fingerprint density at radius 1 is 0.379 bits per heavy atom. The summed E-state index contributed by atoms with van der Waals surface area (Å²) < 4.78 is 19.3. The summed E-state index contributed by atoms with van der Waals surface area (Å²) >= 11 is 0. The first-order valence-corrected chi connectivity index (χ1v) is 29.9. The lowest BCUT2D eigenvalue weighted by Gasteiger charge is -2.27. The standard InChI is InChI=1S/C81H54N4O2/c1-5-7-21-50(6-2)56-28-17-34-62-64-40-36-48(3)74(80(64)86-78(56)62)82(52-24-13-9-14-25-52)54-38-42-70-66(44-54)58-30-19-32-60-68-47-73-69(46-72(68)84(70)76(58)60)61-33-20-31-59-67-45-55(39-43-71(67)85(73)77(59)61)83(53-26-15-10-16-27-53)75-49(4)37-41-65-63-35-18-29-57(79(63)87-81(65)75)51-22-11-8-12-23-51/h5-47H,1H2,2-4H3/b21-7-,50-6+. The lowest BCUT2D eigenvalue weighted by Crippen LogP contribution is -2.11. The fourth-order valence-electron chi connectivity index (χ4n) is 14.7. The van der Waals surface area contributed by atoms with Gasteiger partial charge in [-0.05, 0) is 116 Å². The van der Waals surface area contributed by atoms with Crippen LogP contribution in [-0.4, -0.2) is 8.80 Å². The second kappa shape index (κ2) is 18.6. The zero-order valence-corrected chi connectivity index (χ0v) is 48.1. The smallest absolute Gasteiger partial charge is 0.159 e. The number of aryl methyl sites for hydroxylation is 2. The topological polar surface area (TPSA) is 41.6 Å². The number of rotatable bonds is 10. The lowest BCUT2D eigenvalue weighted by atomic mass is 10.0. The van der Waals surface area contributed by atoms with Crippen molar-refractivity contribution >= 4 is 160 Å². The summed E-state index contributed by atoms with van der Waals surface area (Å²) in [5.41, 5.74) is 23.6. The molecule has 0 atom stereocenters. The number of furan rings is 2. The molecule has 6 heteroatoms. The molecule has 6 aromatic heterocycles. The number of para-hydroxylation sites is 6. The third-order valence-corrected chi connectivity index (χ3v) is 18.5. The van der Waals surface area contributed by atoms with E-state index in [1.807, 2.05) is 12.2 Å². The number of hydrogen-bond acceptors (Lipinski definition) is 4. The molecule has 6 nitrogen and oxygen atoms in total. The number of aromatic nitrogens is 2. The van der Waals surface area contributed by atoms with Gasteiger partial charge in [0.15, 0.2) is 11.2 Å². The predicted octanol–water partition coefficient (Wildman–Crippen LogP) is 23.2. The van der Waals surface area contributed by atoms with Crippen LogP contribution in [0.5, 0.6) is 0 Å². The Balaban J connectivity index is 0.807. The first-order valence-electron chi connectivity index (χ1n) is 29.9. The van der Waals surface area contributed by atoms with Crippen molar-refractivity contribution < 1.29 is 8.83 Å². The van der Waals surface area contributed by atoms with Crippen molar-refractivity contribution in [3.05, 3.63) is 284 Å². The second-order valence-electron chi connectivity index (χ2n) is 23.2. The zero-order valence-electron chi connectivity index (χ0n) is 48.1. The molecule has 6 heterocycles. The van der Waals surface area contributed by atoms with Gasteiger partial charge in [-0.1, -0.05) is 195 Å². The van der Waals surface area contributed by atoms with E-state index in [0.29, 0.717) is 0 Å². The summed E-state index contributed by atoms with van der Waals surface area (Å²) in [7, 11) is 0. The van der Waals surface area contributed by atoms with E-state index >= 15 is 0 Å². The molecule has 0 radical (unpaired) electrons. The number of hydrogen-bond donors (Lipinski definition) is 0. The Morgan fingerprint density at radius 2 is 0.816 bits per heavy atom. The summed E-state index contributed by atoms with van der Waals surface area (Å²) in [6, 6.07) is 86.5. The number of benzene rings is 12. The average Bonchev–Trinajstić information content (AvgIpc) is 1.77. The minimum absolute atomic E-state index is 0.853. The molecular formula is C81H54N4O2. The Kier molecular flexibility index (Phi) is 10.5. The van der Waals surface area contributed by atoms with Crippen LogP contribution in [0, 0.1) is 13.8 Å². The summed E-state index contributed by atoms with van der Waals surface area (Å²) in [6.07, 6.45) is 8.02. The van der Waals surface area contributed by atoms with Crippen LogP contribution in [0.4, 0.5) is 34.1 Å². The fourth-order valence-corrected chi connectivity index (χ4v) is 14.7. The van der Waals surface area contributed by atoms with Crippen molar-refractivity contribution in [3.8, 4) is 11.1 Å². The molecule has 0 bridgehead atoms. The van der Waals surface area contributed by atoms with E-state index in [4.69, 9.17) is 8.83 Å².